The van der Waals surface area contributed by atoms with Crippen molar-refractivity contribution in [1.29, 1.82) is 0 Å². The second-order valence-corrected chi connectivity index (χ2v) is 6.49. The fraction of sp³-hybridized carbons (Fsp3) is 0.611. The van der Waals surface area contributed by atoms with Gasteiger partial charge in [0.2, 0.25) is 5.91 Å². The number of hydrogen-bond acceptors (Lipinski definition) is 3. The number of amides is 1. The van der Waals surface area contributed by atoms with Crippen molar-refractivity contribution in [1.82, 2.24) is 10.6 Å². The number of rotatable bonds is 8. The van der Waals surface area contributed by atoms with E-state index in [1.165, 1.54) is 6.42 Å². The summed E-state index contributed by atoms with van der Waals surface area (Å²) in [5.41, 5.74) is 1.04. The summed E-state index contributed by atoms with van der Waals surface area (Å²) in [5, 5.41) is 6.35. The zero-order chi connectivity index (χ0) is 15.8. The lowest BCUT2D eigenvalue weighted by Crippen LogP contribution is -2.24. The number of carbonyl (C=O) groups excluding carboxylic acids is 1. The van der Waals surface area contributed by atoms with Crippen molar-refractivity contribution < 1.29 is 9.53 Å². The van der Waals surface area contributed by atoms with Crippen molar-refractivity contribution in [2.75, 3.05) is 19.7 Å². The minimum absolute atomic E-state index is 0.130. The molecule has 1 fully saturated rings. The van der Waals surface area contributed by atoms with Crippen molar-refractivity contribution in [2.45, 2.75) is 39.7 Å². The van der Waals surface area contributed by atoms with Crippen LogP contribution in [-0.4, -0.2) is 25.6 Å². The number of benzene rings is 1. The second-order valence-electron chi connectivity index (χ2n) is 6.49. The molecule has 1 heterocycles. The fourth-order valence-electron chi connectivity index (χ4n) is 2.63. The van der Waals surface area contributed by atoms with Crippen molar-refractivity contribution in [3.05, 3.63) is 29.8 Å². The Balaban J connectivity index is 1.76. The van der Waals surface area contributed by atoms with Crippen LogP contribution in [-0.2, 0) is 11.3 Å². The maximum absolute atomic E-state index is 12.0. The quantitative estimate of drug-likeness (QED) is 0.776. The molecule has 2 rings (SSSR count). The van der Waals surface area contributed by atoms with Gasteiger partial charge in [-0.15, -0.1) is 0 Å². The van der Waals surface area contributed by atoms with Gasteiger partial charge in [0, 0.05) is 18.5 Å². The van der Waals surface area contributed by atoms with Gasteiger partial charge < -0.3 is 15.4 Å². The molecule has 0 aromatic heterocycles. The molecule has 0 spiro atoms. The summed E-state index contributed by atoms with van der Waals surface area (Å²) in [6, 6.07) is 7.92. The molecule has 1 amide bonds. The first-order valence-corrected chi connectivity index (χ1v) is 8.33. The summed E-state index contributed by atoms with van der Waals surface area (Å²) in [4.78, 5) is 12.0. The monoisotopic (exact) mass is 304 g/mol. The van der Waals surface area contributed by atoms with E-state index in [1.807, 2.05) is 24.3 Å². The SMILES string of the molecule is CC(C)COc1ccccc1CNC(=O)CCC1CCNC1. The molecule has 1 atom stereocenters. The number of para-hydroxylation sites is 1. The van der Waals surface area contributed by atoms with Crippen LogP contribution in [0.1, 0.15) is 38.7 Å². The summed E-state index contributed by atoms with van der Waals surface area (Å²) in [6.45, 7) is 7.63. The highest BCUT2D eigenvalue weighted by molar-refractivity contribution is 5.75. The van der Waals surface area contributed by atoms with Crippen LogP contribution in [0.5, 0.6) is 5.75 Å². The number of nitrogens with one attached hydrogen (secondary N) is 2. The van der Waals surface area contributed by atoms with Crippen molar-refractivity contribution >= 4 is 5.91 Å². The molecule has 4 nitrogen and oxygen atoms in total. The normalized spacial score (nSPS) is 17.7. The molecular formula is C18H28N2O2. The average molecular weight is 304 g/mol. The van der Waals surface area contributed by atoms with Crippen LogP contribution >= 0.6 is 0 Å². The fourth-order valence-corrected chi connectivity index (χ4v) is 2.63. The number of carbonyl (C=O) groups is 1. The molecule has 0 radical (unpaired) electrons. The van der Waals surface area contributed by atoms with E-state index in [4.69, 9.17) is 4.74 Å². The van der Waals surface area contributed by atoms with Crippen LogP contribution in [0.4, 0.5) is 0 Å². The second kappa shape index (κ2) is 8.79. The highest BCUT2D eigenvalue weighted by Crippen LogP contribution is 2.19. The predicted molar refractivity (Wildman–Crippen MR) is 88.8 cm³/mol. The molecule has 0 saturated carbocycles. The third kappa shape index (κ3) is 5.68. The Morgan fingerprint density at radius 3 is 2.95 bits per heavy atom. The van der Waals surface area contributed by atoms with Gasteiger partial charge >= 0.3 is 0 Å². The predicted octanol–water partition coefficient (Wildman–Crippen LogP) is 2.73. The summed E-state index contributed by atoms with van der Waals surface area (Å²) in [6.07, 6.45) is 2.78. The molecule has 1 aromatic rings. The van der Waals surface area contributed by atoms with Gasteiger partial charge in [0.15, 0.2) is 0 Å². The lowest BCUT2D eigenvalue weighted by atomic mass is 10.0. The van der Waals surface area contributed by atoms with Crippen molar-refractivity contribution in [3.8, 4) is 5.75 Å². The standard InChI is InChI=1S/C18H28N2O2/c1-14(2)13-22-17-6-4-3-5-16(17)12-20-18(21)8-7-15-9-10-19-11-15/h3-6,14-15,19H,7-13H2,1-2H3,(H,20,21). The van der Waals surface area contributed by atoms with E-state index < -0.39 is 0 Å². The van der Waals surface area contributed by atoms with E-state index >= 15 is 0 Å². The zero-order valence-corrected chi connectivity index (χ0v) is 13.7. The number of hydrogen-bond donors (Lipinski definition) is 2. The van der Waals surface area contributed by atoms with Crippen LogP contribution < -0.4 is 15.4 Å². The first kappa shape index (κ1) is 16.8. The molecule has 4 heteroatoms. The van der Waals surface area contributed by atoms with Gasteiger partial charge in [-0.05, 0) is 43.8 Å². The Kier molecular flexibility index (Phi) is 6.72. The van der Waals surface area contributed by atoms with Gasteiger partial charge in [-0.2, -0.15) is 0 Å². The Morgan fingerprint density at radius 2 is 2.23 bits per heavy atom. The molecular weight excluding hydrogens is 276 g/mol. The Morgan fingerprint density at radius 1 is 1.41 bits per heavy atom. The minimum atomic E-state index is 0.130. The lowest BCUT2D eigenvalue weighted by molar-refractivity contribution is -0.121. The largest absolute Gasteiger partial charge is 0.493 e. The third-order valence-electron chi connectivity index (χ3n) is 3.96. The summed E-state index contributed by atoms with van der Waals surface area (Å²) in [5.74, 6) is 2.15. The van der Waals surface area contributed by atoms with E-state index in [1.54, 1.807) is 0 Å². The molecule has 1 saturated heterocycles. The van der Waals surface area contributed by atoms with Gasteiger partial charge in [0.25, 0.3) is 0 Å². The van der Waals surface area contributed by atoms with Gasteiger partial charge in [-0.25, -0.2) is 0 Å². The molecule has 1 unspecified atom stereocenters. The van der Waals surface area contributed by atoms with E-state index in [2.05, 4.69) is 24.5 Å². The molecule has 0 bridgehead atoms. The molecule has 1 aliphatic heterocycles. The van der Waals surface area contributed by atoms with E-state index in [0.29, 0.717) is 31.4 Å². The minimum Gasteiger partial charge on any atom is -0.493 e. The highest BCUT2D eigenvalue weighted by Gasteiger charge is 2.15. The number of ether oxygens (including phenoxy) is 1. The Labute approximate surface area is 133 Å². The maximum atomic E-state index is 12.0. The summed E-state index contributed by atoms with van der Waals surface area (Å²) >= 11 is 0. The molecule has 2 N–H and O–H groups in total. The highest BCUT2D eigenvalue weighted by atomic mass is 16.5. The smallest absolute Gasteiger partial charge is 0.220 e. The van der Waals surface area contributed by atoms with E-state index in [9.17, 15) is 4.79 Å². The van der Waals surface area contributed by atoms with Gasteiger partial charge in [0.1, 0.15) is 5.75 Å². The average Bonchev–Trinajstić information content (AvgIpc) is 3.03. The van der Waals surface area contributed by atoms with E-state index in [-0.39, 0.29) is 5.91 Å². The van der Waals surface area contributed by atoms with Crippen molar-refractivity contribution in [2.24, 2.45) is 11.8 Å². The molecule has 122 valence electrons. The summed E-state index contributed by atoms with van der Waals surface area (Å²) in [7, 11) is 0. The van der Waals surface area contributed by atoms with Crippen LogP contribution in [0.15, 0.2) is 24.3 Å². The first-order chi connectivity index (χ1) is 10.6. The van der Waals surface area contributed by atoms with Crippen LogP contribution in [0.25, 0.3) is 0 Å². The Bertz CT molecular complexity index is 468. The summed E-state index contributed by atoms with van der Waals surface area (Å²) < 4.78 is 5.81. The molecule has 22 heavy (non-hydrogen) atoms. The zero-order valence-electron chi connectivity index (χ0n) is 13.7. The lowest BCUT2D eigenvalue weighted by Gasteiger charge is -2.14. The first-order valence-electron chi connectivity index (χ1n) is 8.33. The van der Waals surface area contributed by atoms with Gasteiger partial charge in [-0.1, -0.05) is 32.0 Å². The maximum Gasteiger partial charge on any atom is 0.220 e. The van der Waals surface area contributed by atoms with Crippen molar-refractivity contribution in [3.63, 3.8) is 0 Å². The van der Waals surface area contributed by atoms with Crippen LogP contribution in [0.3, 0.4) is 0 Å². The molecule has 0 aliphatic carbocycles. The topological polar surface area (TPSA) is 50.4 Å². The van der Waals surface area contributed by atoms with Gasteiger partial charge in [-0.3, -0.25) is 4.79 Å². The van der Waals surface area contributed by atoms with E-state index in [0.717, 1.165) is 30.8 Å². The van der Waals surface area contributed by atoms with Crippen LogP contribution in [0.2, 0.25) is 0 Å². The Hall–Kier alpha value is -1.55. The molecule has 1 aliphatic rings. The third-order valence-corrected chi connectivity index (χ3v) is 3.96. The van der Waals surface area contributed by atoms with Gasteiger partial charge in [0.05, 0.1) is 6.61 Å². The molecule has 1 aromatic carbocycles. The van der Waals surface area contributed by atoms with Crippen LogP contribution in [0, 0.1) is 11.8 Å².